The van der Waals surface area contributed by atoms with Crippen molar-refractivity contribution in [2.45, 2.75) is 20.0 Å². The standard InChI is InChI=1S/C48H33F3N4/c1-30-24-31(2)26-37(25-30)34-20-23-41-40-18-9-10-19-42(40)55(44(41)28-34)43-29-36(21-22-39(43)35-16-11-17-38(27-35)48(49,50)51)47-53-45(32-12-5-3-6-13-32)52-46(54-47)33-14-7-4-8-15-33/h3-29H,1-2H3. The van der Waals surface area contributed by atoms with Gasteiger partial charge in [0, 0.05) is 33.0 Å². The molecule has 2 heterocycles. The van der Waals surface area contributed by atoms with Gasteiger partial charge in [0.25, 0.3) is 0 Å². The summed E-state index contributed by atoms with van der Waals surface area (Å²) >= 11 is 0. The first kappa shape index (κ1) is 33.9. The molecular formula is C48H33F3N4. The van der Waals surface area contributed by atoms with Crippen LogP contribution < -0.4 is 0 Å². The van der Waals surface area contributed by atoms with E-state index in [1.807, 2.05) is 91.0 Å². The summed E-state index contributed by atoms with van der Waals surface area (Å²) < 4.78 is 44.6. The van der Waals surface area contributed by atoms with Crippen molar-refractivity contribution >= 4 is 21.8 Å². The van der Waals surface area contributed by atoms with E-state index in [9.17, 15) is 13.2 Å². The number of fused-ring (bicyclic) bond motifs is 3. The third-order valence-corrected chi connectivity index (χ3v) is 9.93. The summed E-state index contributed by atoms with van der Waals surface area (Å²) in [4.78, 5) is 14.8. The molecule has 0 bridgehead atoms. The fraction of sp³-hybridized carbons (Fsp3) is 0.0625. The number of para-hydroxylation sites is 1. The molecule has 9 aromatic rings. The summed E-state index contributed by atoms with van der Waals surface area (Å²) in [5.74, 6) is 1.48. The molecule has 0 spiro atoms. The average Bonchev–Trinajstić information content (AvgIpc) is 3.54. The molecule has 7 heteroatoms. The number of aromatic nitrogens is 4. The second-order valence-corrected chi connectivity index (χ2v) is 13.8. The minimum absolute atomic E-state index is 0.443. The van der Waals surface area contributed by atoms with Crippen LogP contribution in [0.1, 0.15) is 16.7 Å². The van der Waals surface area contributed by atoms with Crippen LogP contribution in [0.25, 0.3) is 83.9 Å². The number of hydrogen-bond acceptors (Lipinski definition) is 3. The lowest BCUT2D eigenvalue weighted by molar-refractivity contribution is -0.137. The molecule has 9 rings (SSSR count). The first-order valence-electron chi connectivity index (χ1n) is 18.0. The van der Waals surface area contributed by atoms with Gasteiger partial charge in [-0.2, -0.15) is 13.2 Å². The lowest BCUT2D eigenvalue weighted by atomic mass is 9.98. The molecule has 55 heavy (non-hydrogen) atoms. The smallest absolute Gasteiger partial charge is 0.309 e. The van der Waals surface area contributed by atoms with Crippen LogP contribution in [-0.2, 0) is 6.18 Å². The van der Waals surface area contributed by atoms with Gasteiger partial charge in [-0.25, -0.2) is 15.0 Å². The van der Waals surface area contributed by atoms with Crippen molar-refractivity contribution in [3.05, 3.63) is 180 Å². The molecule has 4 nitrogen and oxygen atoms in total. The number of nitrogens with zero attached hydrogens (tertiary/aromatic N) is 4. The zero-order valence-corrected chi connectivity index (χ0v) is 30.0. The second-order valence-electron chi connectivity index (χ2n) is 13.8. The summed E-state index contributed by atoms with van der Waals surface area (Å²) in [6.07, 6.45) is -4.50. The highest BCUT2D eigenvalue weighted by Crippen LogP contribution is 2.41. The maximum Gasteiger partial charge on any atom is 0.416 e. The molecular weight excluding hydrogens is 690 g/mol. The second kappa shape index (κ2) is 13.5. The van der Waals surface area contributed by atoms with Gasteiger partial charge >= 0.3 is 6.18 Å². The molecule has 0 aliphatic heterocycles. The van der Waals surface area contributed by atoms with Crippen molar-refractivity contribution in [2.24, 2.45) is 0 Å². The van der Waals surface area contributed by atoms with Crippen molar-refractivity contribution in [1.29, 1.82) is 0 Å². The molecule has 0 atom stereocenters. The van der Waals surface area contributed by atoms with Crippen LogP contribution in [0.2, 0.25) is 0 Å². The van der Waals surface area contributed by atoms with Crippen LogP contribution in [0.15, 0.2) is 164 Å². The lowest BCUT2D eigenvalue weighted by Gasteiger charge is -2.17. The zero-order chi connectivity index (χ0) is 37.7. The predicted octanol–water partition coefficient (Wildman–Crippen LogP) is 12.9. The van der Waals surface area contributed by atoms with Crippen LogP contribution in [0.4, 0.5) is 13.2 Å². The highest BCUT2D eigenvalue weighted by molar-refractivity contribution is 6.11. The van der Waals surface area contributed by atoms with Gasteiger partial charge in [0.15, 0.2) is 17.5 Å². The highest BCUT2D eigenvalue weighted by Gasteiger charge is 2.31. The molecule has 2 aromatic heterocycles. The van der Waals surface area contributed by atoms with E-state index in [0.717, 1.165) is 61.3 Å². The third-order valence-electron chi connectivity index (χ3n) is 9.93. The number of benzene rings is 7. The lowest BCUT2D eigenvalue weighted by Crippen LogP contribution is -2.05. The number of halogens is 3. The quantitative estimate of drug-likeness (QED) is 0.172. The van der Waals surface area contributed by atoms with Crippen LogP contribution in [0.5, 0.6) is 0 Å². The zero-order valence-electron chi connectivity index (χ0n) is 30.0. The normalized spacial score (nSPS) is 11.7. The number of alkyl halides is 3. The molecule has 0 unspecified atom stereocenters. The minimum Gasteiger partial charge on any atom is -0.309 e. The van der Waals surface area contributed by atoms with Crippen molar-refractivity contribution in [3.63, 3.8) is 0 Å². The van der Waals surface area contributed by atoms with Crippen molar-refractivity contribution in [2.75, 3.05) is 0 Å². The fourth-order valence-electron chi connectivity index (χ4n) is 7.45. The molecule has 0 aliphatic rings. The Morgan fingerprint density at radius 3 is 1.64 bits per heavy atom. The van der Waals surface area contributed by atoms with Gasteiger partial charge in [-0.3, -0.25) is 0 Å². The average molecular weight is 723 g/mol. The van der Waals surface area contributed by atoms with Gasteiger partial charge in [-0.15, -0.1) is 0 Å². The Balaban J connectivity index is 1.34. The van der Waals surface area contributed by atoms with Gasteiger partial charge in [0.1, 0.15) is 0 Å². The summed E-state index contributed by atoms with van der Waals surface area (Å²) in [5, 5.41) is 2.06. The number of hydrogen-bond donors (Lipinski definition) is 0. The molecule has 0 N–H and O–H groups in total. The van der Waals surface area contributed by atoms with Gasteiger partial charge < -0.3 is 4.57 Å². The first-order valence-corrected chi connectivity index (χ1v) is 18.0. The van der Waals surface area contributed by atoms with E-state index in [-0.39, 0.29) is 0 Å². The summed E-state index contributed by atoms with van der Waals surface area (Å²) in [5.41, 5.74) is 9.74. The maximum atomic E-state index is 14.1. The topological polar surface area (TPSA) is 43.6 Å². The minimum atomic E-state index is -4.50. The summed E-state index contributed by atoms with van der Waals surface area (Å²) in [7, 11) is 0. The molecule has 266 valence electrons. The molecule has 0 amide bonds. The van der Waals surface area contributed by atoms with E-state index < -0.39 is 11.7 Å². The Morgan fingerprint density at radius 2 is 0.982 bits per heavy atom. The number of rotatable bonds is 6. The van der Waals surface area contributed by atoms with E-state index >= 15 is 0 Å². The maximum absolute atomic E-state index is 14.1. The predicted molar refractivity (Wildman–Crippen MR) is 216 cm³/mol. The van der Waals surface area contributed by atoms with E-state index in [4.69, 9.17) is 15.0 Å². The van der Waals surface area contributed by atoms with Crippen LogP contribution >= 0.6 is 0 Å². The van der Waals surface area contributed by atoms with Gasteiger partial charge in [-0.05, 0) is 60.9 Å². The third kappa shape index (κ3) is 6.44. The van der Waals surface area contributed by atoms with E-state index in [1.165, 1.54) is 12.1 Å². The monoisotopic (exact) mass is 722 g/mol. The molecule has 0 saturated heterocycles. The largest absolute Gasteiger partial charge is 0.416 e. The molecule has 0 saturated carbocycles. The van der Waals surface area contributed by atoms with Gasteiger partial charge in [-0.1, -0.05) is 145 Å². The van der Waals surface area contributed by atoms with Crippen molar-refractivity contribution < 1.29 is 13.2 Å². The molecule has 0 fully saturated rings. The Hall–Kier alpha value is -6.86. The van der Waals surface area contributed by atoms with Crippen LogP contribution in [-0.4, -0.2) is 19.5 Å². The Bertz CT molecular complexity index is 2800. The molecule has 0 aliphatic carbocycles. The Kier molecular flexibility index (Phi) is 8.35. The van der Waals surface area contributed by atoms with E-state index in [1.54, 1.807) is 6.07 Å². The summed E-state index contributed by atoms with van der Waals surface area (Å²) in [6, 6.07) is 51.8. The first-order chi connectivity index (χ1) is 26.7. The van der Waals surface area contributed by atoms with E-state index in [2.05, 4.69) is 66.9 Å². The molecule has 7 aromatic carbocycles. The van der Waals surface area contributed by atoms with Gasteiger partial charge in [0.2, 0.25) is 0 Å². The highest BCUT2D eigenvalue weighted by atomic mass is 19.4. The number of aryl methyl sites for hydroxylation is 2. The SMILES string of the molecule is Cc1cc(C)cc(-c2ccc3c4ccccc4n(-c4cc(-c5nc(-c6ccccc6)nc(-c6ccccc6)n5)ccc4-c4cccc(C(F)(F)F)c4)c3c2)c1. The Morgan fingerprint density at radius 1 is 0.418 bits per heavy atom. The van der Waals surface area contributed by atoms with Gasteiger partial charge in [0.05, 0.1) is 22.3 Å². The molecule has 0 radical (unpaired) electrons. The van der Waals surface area contributed by atoms with E-state index in [0.29, 0.717) is 39.9 Å². The summed E-state index contributed by atoms with van der Waals surface area (Å²) in [6.45, 7) is 4.18. The fourth-order valence-corrected chi connectivity index (χ4v) is 7.45. The Labute approximate surface area is 316 Å². The van der Waals surface area contributed by atoms with Crippen LogP contribution in [0.3, 0.4) is 0 Å². The van der Waals surface area contributed by atoms with Crippen LogP contribution in [0, 0.1) is 13.8 Å². The van der Waals surface area contributed by atoms with Crippen molar-refractivity contribution in [1.82, 2.24) is 19.5 Å². The van der Waals surface area contributed by atoms with Crippen molar-refractivity contribution in [3.8, 4) is 62.1 Å².